The Labute approximate surface area is 190 Å². The van der Waals surface area contributed by atoms with Crippen molar-refractivity contribution in [1.82, 2.24) is 4.90 Å². The van der Waals surface area contributed by atoms with Crippen LogP contribution >= 0.6 is 0 Å². The number of aliphatic hydroxyl groups is 1. The van der Waals surface area contributed by atoms with E-state index in [1.165, 1.54) is 4.90 Å². The second-order valence-corrected chi connectivity index (χ2v) is 8.63. The van der Waals surface area contributed by atoms with Crippen molar-refractivity contribution in [3.8, 4) is 5.75 Å². The van der Waals surface area contributed by atoms with Crippen LogP contribution in [-0.4, -0.2) is 55.5 Å². The number of rotatable bonds is 8. The minimum absolute atomic E-state index is 0.139. The van der Waals surface area contributed by atoms with E-state index in [-0.39, 0.29) is 11.3 Å². The van der Waals surface area contributed by atoms with Gasteiger partial charge in [-0.05, 0) is 50.1 Å². The van der Waals surface area contributed by atoms with Gasteiger partial charge in [-0.2, -0.15) is 0 Å². The van der Waals surface area contributed by atoms with Crippen LogP contribution in [0.4, 0.5) is 0 Å². The Morgan fingerprint density at radius 2 is 1.78 bits per heavy atom. The molecule has 0 spiro atoms. The third-order valence-corrected chi connectivity index (χ3v) is 5.76. The molecular weight excluding hydrogens is 404 g/mol. The van der Waals surface area contributed by atoms with Gasteiger partial charge >= 0.3 is 0 Å². The highest BCUT2D eigenvalue weighted by atomic mass is 16.5. The number of carbonyl (C=O) groups excluding carboxylic acids is 2. The number of amides is 1. The fourth-order valence-corrected chi connectivity index (χ4v) is 4.08. The third-order valence-electron chi connectivity index (χ3n) is 5.76. The van der Waals surface area contributed by atoms with E-state index in [0.717, 1.165) is 35.4 Å². The van der Waals surface area contributed by atoms with Crippen molar-refractivity contribution >= 4 is 17.4 Å². The van der Waals surface area contributed by atoms with Crippen molar-refractivity contribution in [2.75, 3.05) is 33.8 Å². The van der Waals surface area contributed by atoms with Gasteiger partial charge in [0.2, 0.25) is 0 Å². The number of hydrogen-bond acceptors (Lipinski definition) is 4. The minimum Gasteiger partial charge on any atom is -0.507 e. The predicted molar refractivity (Wildman–Crippen MR) is 125 cm³/mol. The molecule has 6 heteroatoms. The van der Waals surface area contributed by atoms with Crippen LogP contribution in [0.15, 0.2) is 48.0 Å². The number of Topliss-reactive ketones (excluding diaryl/α,β-unsaturated/α-hetero) is 1. The Morgan fingerprint density at radius 3 is 2.38 bits per heavy atom. The van der Waals surface area contributed by atoms with Gasteiger partial charge in [0.15, 0.2) is 0 Å². The summed E-state index contributed by atoms with van der Waals surface area (Å²) in [5, 5.41) is 11.2. The topological polar surface area (TPSA) is 71.3 Å². The van der Waals surface area contributed by atoms with Crippen LogP contribution < -0.4 is 9.64 Å². The van der Waals surface area contributed by atoms with Gasteiger partial charge in [-0.15, -0.1) is 0 Å². The molecule has 1 amide bonds. The molecule has 1 aliphatic rings. The van der Waals surface area contributed by atoms with Crippen molar-refractivity contribution in [1.29, 1.82) is 0 Å². The van der Waals surface area contributed by atoms with E-state index in [0.29, 0.717) is 18.7 Å². The molecule has 0 aromatic heterocycles. The molecule has 1 heterocycles. The molecule has 2 aromatic rings. The summed E-state index contributed by atoms with van der Waals surface area (Å²) in [6.07, 6.45) is 0.764. The zero-order chi connectivity index (χ0) is 23.4. The molecule has 170 valence electrons. The minimum atomic E-state index is -0.642. The van der Waals surface area contributed by atoms with E-state index in [9.17, 15) is 14.7 Å². The highest BCUT2D eigenvalue weighted by molar-refractivity contribution is 6.46. The lowest BCUT2D eigenvalue weighted by Crippen LogP contribution is -3.05. The Morgan fingerprint density at radius 1 is 1.09 bits per heavy atom. The molecule has 0 radical (unpaired) electrons. The van der Waals surface area contributed by atoms with Crippen molar-refractivity contribution in [2.24, 2.45) is 0 Å². The first-order valence-corrected chi connectivity index (χ1v) is 11.1. The van der Waals surface area contributed by atoms with Crippen LogP contribution in [0.5, 0.6) is 5.75 Å². The number of ketones is 1. The fourth-order valence-electron chi connectivity index (χ4n) is 4.08. The van der Waals surface area contributed by atoms with Crippen LogP contribution in [0.3, 0.4) is 0 Å². The molecule has 0 unspecified atom stereocenters. The van der Waals surface area contributed by atoms with Crippen molar-refractivity contribution in [3.63, 3.8) is 0 Å². The SMILES string of the molecule is CCOc1ccc(C(O)=C2C(=O)C(=O)N(CCC[NH+](C)C)[C@H]2c2ccc(C)cc2)cc1C. The molecule has 2 aromatic carbocycles. The van der Waals surface area contributed by atoms with E-state index in [2.05, 4.69) is 14.1 Å². The van der Waals surface area contributed by atoms with Gasteiger partial charge in [-0.25, -0.2) is 0 Å². The van der Waals surface area contributed by atoms with Gasteiger partial charge in [0.05, 0.1) is 38.9 Å². The number of ether oxygens (including phenoxy) is 1. The fraction of sp³-hybridized carbons (Fsp3) is 0.385. The summed E-state index contributed by atoms with van der Waals surface area (Å²) in [5.41, 5.74) is 3.39. The van der Waals surface area contributed by atoms with Crippen LogP contribution in [0.1, 0.15) is 41.6 Å². The van der Waals surface area contributed by atoms with Crippen LogP contribution in [0, 0.1) is 13.8 Å². The normalized spacial score (nSPS) is 17.9. The number of nitrogens with one attached hydrogen (secondary N) is 1. The number of aliphatic hydroxyl groups excluding tert-OH is 1. The molecule has 1 aliphatic heterocycles. The largest absolute Gasteiger partial charge is 0.507 e. The quantitative estimate of drug-likeness (QED) is 0.378. The highest BCUT2D eigenvalue weighted by Crippen LogP contribution is 2.40. The number of carbonyl (C=O) groups is 2. The van der Waals surface area contributed by atoms with E-state index in [1.54, 1.807) is 23.1 Å². The Bertz CT molecular complexity index is 1020. The second kappa shape index (κ2) is 10.0. The van der Waals surface area contributed by atoms with Crippen LogP contribution in [-0.2, 0) is 9.59 Å². The Kier molecular flexibility index (Phi) is 7.36. The van der Waals surface area contributed by atoms with Crippen LogP contribution in [0.25, 0.3) is 5.76 Å². The van der Waals surface area contributed by atoms with E-state index in [4.69, 9.17) is 4.74 Å². The Hall–Kier alpha value is -3.12. The van der Waals surface area contributed by atoms with Gasteiger partial charge in [-0.3, -0.25) is 9.59 Å². The maximum atomic E-state index is 13.1. The maximum absolute atomic E-state index is 13.1. The molecule has 1 fully saturated rings. The van der Waals surface area contributed by atoms with Gasteiger partial charge in [0.1, 0.15) is 11.5 Å². The molecule has 1 atom stereocenters. The number of hydrogen-bond donors (Lipinski definition) is 2. The van der Waals surface area contributed by atoms with Gasteiger partial charge in [-0.1, -0.05) is 29.8 Å². The van der Waals surface area contributed by atoms with Crippen LogP contribution in [0.2, 0.25) is 0 Å². The maximum Gasteiger partial charge on any atom is 0.295 e. The zero-order valence-electron chi connectivity index (χ0n) is 19.6. The standard InChI is InChI=1S/C26H32N2O4/c1-6-32-21-13-12-20(16-18(21)3)24(29)22-23(19-10-8-17(2)9-11-19)28(26(31)25(22)30)15-7-14-27(4)5/h8-13,16,23,29H,6-7,14-15H2,1-5H3/p+1/t23-/m0/s1. The molecule has 3 rings (SSSR count). The second-order valence-electron chi connectivity index (χ2n) is 8.63. The number of aryl methyl sites for hydroxylation is 2. The molecule has 0 aliphatic carbocycles. The monoisotopic (exact) mass is 437 g/mol. The predicted octanol–water partition coefficient (Wildman–Crippen LogP) is 2.66. The van der Waals surface area contributed by atoms with Gasteiger partial charge in [0.25, 0.3) is 11.7 Å². The summed E-state index contributed by atoms with van der Waals surface area (Å²) in [4.78, 5) is 29.0. The van der Waals surface area contributed by atoms with Gasteiger partial charge in [0, 0.05) is 18.5 Å². The average molecular weight is 438 g/mol. The molecule has 32 heavy (non-hydrogen) atoms. The smallest absolute Gasteiger partial charge is 0.295 e. The molecule has 1 saturated heterocycles. The molecule has 0 saturated carbocycles. The molecule has 6 nitrogen and oxygen atoms in total. The summed E-state index contributed by atoms with van der Waals surface area (Å²) in [6.45, 7) is 7.66. The number of nitrogens with zero attached hydrogens (tertiary/aromatic N) is 1. The van der Waals surface area contributed by atoms with Crippen molar-refractivity contribution in [2.45, 2.75) is 33.2 Å². The lowest BCUT2D eigenvalue weighted by Gasteiger charge is -2.25. The number of likely N-dealkylation sites (tertiary alicyclic amines) is 1. The summed E-state index contributed by atoms with van der Waals surface area (Å²) in [5.74, 6) is -0.628. The lowest BCUT2D eigenvalue weighted by atomic mass is 9.94. The zero-order valence-corrected chi connectivity index (χ0v) is 19.6. The first kappa shape index (κ1) is 23.5. The number of quaternary nitrogens is 1. The van der Waals surface area contributed by atoms with Crippen molar-refractivity contribution in [3.05, 3.63) is 70.3 Å². The van der Waals surface area contributed by atoms with E-state index >= 15 is 0 Å². The summed E-state index contributed by atoms with van der Waals surface area (Å²) in [7, 11) is 4.11. The van der Waals surface area contributed by atoms with Gasteiger partial charge < -0.3 is 19.6 Å². The molecular formula is C26H33N2O4+. The average Bonchev–Trinajstić information content (AvgIpc) is 3.00. The molecule has 2 N–H and O–H groups in total. The number of benzene rings is 2. The van der Waals surface area contributed by atoms with E-state index < -0.39 is 17.7 Å². The van der Waals surface area contributed by atoms with E-state index in [1.807, 2.05) is 45.0 Å². The molecule has 0 bridgehead atoms. The summed E-state index contributed by atoms with van der Waals surface area (Å²) in [6, 6.07) is 12.4. The van der Waals surface area contributed by atoms with Crippen molar-refractivity contribution < 1.29 is 24.3 Å². The highest BCUT2D eigenvalue weighted by Gasteiger charge is 2.45. The summed E-state index contributed by atoms with van der Waals surface area (Å²) < 4.78 is 5.59. The first-order chi connectivity index (χ1) is 15.2. The first-order valence-electron chi connectivity index (χ1n) is 11.1. The third kappa shape index (κ3) is 4.86. The summed E-state index contributed by atoms with van der Waals surface area (Å²) >= 11 is 0. The Balaban J connectivity index is 2.08. The lowest BCUT2D eigenvalue weighted by molar-refractivity contribution is -0.858.